The molecule has 126 valence electrons. The Kier molecular flexibility index (Phi) is 6.31. The quantitative estimate of drug-likeness (QED) is 0.732. The highest BCUT2D eigenvalue weighted by Gasteiger charge is 2.20. The highest BCUT2D eigenvalue weighted by atomic mass is 19.1. The lowest BCUT2D eigenvalue weighted by atomic mass is 10.3. The number of para-hydroxylation sites is 2. The van der Waals surface area contributed by atoms with Crippen LogP contribution < -0.4 is 9.64 Å². The van der Waals surface area contributed by atoms with Crippen molar-refractivity contribution in [3.05, 3.63) is 60.4 Å². The fourth-order valence-corrected chi connectivity index (χ4v) is 2.05. The lowest BCUT2D eigenvalue weighted by molar-refractivity contribution is -0.142. The average molecular weight is 331 g/mol. The molecule has 5 nitrogen and oxygen atoms in total. The largest absolute Gasteiger partial charge is 0.481 e. The van der Waals surface area contributed by atoms with Crippen LogP contribution in [0.3, 0.4) is 0 Å². The molecule has 0 aliphatic rings. The van der Waals surface area contributed by atoms with Gasteiger partial charge in [-0.15, -0.1) is 0 Å². The molecule has 0 atom stereocenters. The van der Waals surface area contributed by atoms with E-state index in [9.17, 15) is 14.0 Å². The molecule has 0 saturated heterocycles. The van der Waals surface area contributed by atoms with Crippen LogP contribution in [0.2, 0.25) is 0 Å². The Morgan fingerprint density at radius 3 is 2.38 bits per heavy atom. The Labute approximate surface area is 139 Å². The summed E-state index contributed by atoms with van der Waals surface area (Å²) in [6.45, 7) is 1.28. The van der Waals surface area contributed by atoms with Crippen LogP contribution in [0.4, 0.5) is 10.1 Å². The number of hydrogen-bond acceptors (Lipinski definition) is 4. The molecule has 2 aromatic carbocycles. The van der Waals surface area contributed by atoms with Gasteiger partial charge in [0.15, 0.2) is 18.2 Å². The Hall–Kier alpha value is -2.89. The first kappa shape index (κ1) is 17.5. The van der Waals surface area contributed by atoms with E-state index in [0.717, 1.165) is 0 Å². The topological polar surface area (TPSA) is 55.8 Å². The second kappa shape index (κ2) is 8.67. The number of hydrogen-bond donors (Lipinski definition) is 0. The first-order chi connectivity index (χ1) is 11.6. The molecule has 0 aromatic heterocycles. The van der Waals surface area contributed by atoms with Crippen LogP contribution >= 0.6 is 0 Å². The Bertz CT molecular complexity index is 690. The van der Waals surface area contributed by atoms with Gasteiger partial charge >= 0.3 is 5.97 Å². The number of amides is 1. The number of carbonyl (C=O) groups is 2. The lowest BCUT2D eigenvalue weighted by Gasteiger charge is -2.22. The van der Waals surface area contributed by atoms with Crippen molar-refractivity contribution in [1.29, 1.82) is 0 Å². The van der Waals surface area contributed by atoms with Crippen molar-refractivity contribution in [2.45, 2.75) is 6.92 Å². The van der Waals surface area contributed by atoms with Gasteiger partial charge in [-0.2, -0.15) is 0 Å². The maximum Gasteiger partial charge on any atom is 0.326 e. The molecule has 0 unspecified atom stereocenters. The number of rotatable bonds is 7. The van der Waals surface area contributed by atoms with Crippen LogP contribution in [0.25, 0.3) is 0 Å². The van der Waals surface area contributed by atoms with Gasteiger partial charge in [0.25, 0.3) is 5.91 Å². The van der Waals surface area contributed by atoms with Crippen molar-refractivity contribution < 1.29 is 23.5 Å². The molecule has 2 aromatic rings. The predicted molar refractivity (Wildman–Crippen MR) is 87.3 cm³/mol. The first-order valence-corrected chi connectivity index (χ1v) is 7.50. The summed E-state index contributed by atoms with van der Waals surface area (Å²) in [4.78, 5) is 25.4. The van der Waals surface area contributed by atoms with E-state index < -0.39 is 24.3 Å². The Morgan fingerprint density at radius 1 is 1.04 bits per heavy atom. The normalized spacial score (nSPS) is 10.1. The van der Waals surface area contributed by atoms with E-state index in [2.05, 4.69) is 0 Å². The predicted octanol–water partition coefficient (Wildman–Crippen LogP) is 2.80. The highest BCUT2D eigenvalue weighted by molar-refractivity contribution is 5.98. The van der Waals surface area contributed by atoms with Gasteiger partial charge in [0.05, 0.1) is 6.61 Å². The maximum atomic E-state index is 13.6. The minimum absolute atomic E-state index is 0.0185. The number of benzene rings is 2. The summed E-state index contributed by atoms with van der Waals surface area (Å²) in [5.41, 5.74) is 0.535. The molecule has 0 spiro atoms. The number of esters is 1. The van der Waals surface area contributed by atoms with Crippen molar-refractivity contribution in [1.82, 2.24) is 0 Å². The molecule has 0 heterocycles. The van der Waals surface area contributed by atoms with Crippen LogP contribution in [0.15, 0.2) is 54.6 Å². The second-order valence-corrected chi connectivity index (χ2v) is 4.84. The van der Waals surface area contributed by atoms with E-state index in [1.54, 1.807) is 43.3 Å². The summed E-state index contributed by atoms with van der Waals surface area (Å²) in [6, 6.07) is 14.5. The van der Waals surface area contributed by atoms with Crippen molar-refractivity contribution >= 4 is 17.6 Å². The van der Waals surface area contributed by atoms with E-state index in [-0.39, 0.29) is 18.9 Å². The van der Waals surface area contributed by atoms with Crippen LogP contribution in [0, 0.1) is 5.82 Å². The van der Waals surface area contributed by atoms with E-state index in [1.807, 2.05) is 0 Å². The van der Waals surface area contributed by atoms with Gasteiger partial charge in [0, 0.05) is 5.69 Å². The molecule has 0 aliphatic carbocycles. The van der Waals surface area contributed by atoms with Crippen LogP contribution in [0.1, 0.15) is 6.92 Å². The molecule has 0 aliphatic heterocycles. The summed E-state index contributed by atoms with van der Waals surface area (Å²) < 4.78 is 23.7. The monoisotopic (exact) mass is 331 g/mol. The molecule has 6 heteroatoms. The minimum atomic E-state index is -0.554. The third kappa shape index (κ3) is 4.81. The van der Waals surface area contributed by atoms with E-state index in [1.165, 1.54) is 23.1 Å². The summed E-state index contributed by atoms with van der Waals surface area (Å²) in [6.07, 6.45) is 0. The number of anilines is 1. The molecular weight excluding hydrogens is 313 g/mol. The number of halogens is 1. The second-order valence-electron chi connectivity index (χ2n) is 4.84. The van der Waals surface area contributed by atoms with Gasteiger partial charge in [-0.05, 0) is 31.2 Å². The number of ether oxygens (including phenoxy) is 2. The zero-order valence-corrected chi connectivity index (χ0v) is 13.3. The molecule has 0 radical (unpaired) electrons. The molecule has 24 heavy (non-hydrogen) atoms. The third-order valence-corrected chi connectivity index (χ3v) is 3.15. The first-order valence-electron chi connectivity index (χ1n) is 7.50. The molecule has 0 saturated carbocycles. The molecule has 0 N–H and O–H groups in total. The van der Waals surface area contributed by atoms with E-state index in [4.69, 9.17) is 9.47 Å². The minimum Gasteiger partial charge on any atom is -0.481 e. The maximum absolute atomic E-state index is 13.6. The van der Waals surface area contributed by atoms with Crippen molar-refractivity contribution in [2.75, 3.05) is 24.7 Å². The summed E-state index contributed by atoms with van der Waals surface area (Å²) in [5, 5.41) is 0. The molecule has 2 rings (SSSR count). The standard InChI is InChI=1S/C18H18FNO4/c1-2-23-18(22)12-20(14-8-4-3-5-9-14)17(21)13-24-16-11-7-6-10-15(16)19/h3-11H,2,12-13H2,1H3. The van der Waals surface area contributed by atoms with Gasteiger partial charge in [0.1, 0.15) is 6.54 Å². The van der Waals surface area contributed by atoms with Crippen molar-refractivity contribution in [2.24, 2.45) is 0 Å². The van der Waals surface area contributed by atoms with Crippen LogP contribution in [0.5, 0.6) is 5.75 Å². The smallest absolute Gasteiger partial charge is 0.326 e. The van der Waals surface area contributed by atoms with E-state index >= 15 is 0 Å². The summed E-state index contributed by atoms with van der Waals surface area (Å²) in [7, 11) is 0. The molecule has 1 amide bonds. The number of nitrogens with zero attached hydrogens (tertiary/aromatic N) is 1. The zero-order chi connectivity index (χ0) is 17.4. The van der Waals surface area contributed by atoms with Gasteiger partial charge in [0.2, 0.25) is 0 Å². The van der Waals surface area contributed by atoms with Gasteiger partial charge < -0.3 is 9.47 Å². The lowest BCUT2D eigenvalue weighted by Crippen LogP contribution is -2.39. The van der Waals surface area contributed by atoms with E-state index in [0.29, 0.717) is 5.69 Å². The van der Waals surface area contributed by atoms with Crippen molar-refractivity contribution in [3.8, 4) is 5.75 Å². The van der Waals surface area contributed by atoms with Gasteiger partial charge in [-0.3, -0.25) is 14.5 Å². The van der Waals surface area contributed by atoms with Crippen molar-refractivity contribution in [3.63, 3.8) is 0 Å². The Balaban J connectivity index is 2.09. The fourth-order valence-electron chi connectivity index (χ4n) is 2.05. The number of carbonyl (C=O) groups excluding carboxylic acids is 2. The summed E-state index contributed by atoms with van der Waals surface area (Å²) >= 11 is 0. The summed E-state index contributed by atoms with van der Waals surface area (Å²) in [5.74, 6) is -1.57. The van der Waals surface area contributed by atoms with Gasteiger partial charge in [-0.25, -0.2) is 4.39 Å². The highest BCUT2D eigenvalue weighted by Crippen LogP contribution is 2.17. The average Bonchev–Trinajstić information content (AvgIpc) is 2.60. The van der Waals surface area contributed by atoms with Crippen LogP contribution in [-0.2, 0) is 14.3 Å². The zero-order valence-electron chi connectivity index (χ0n) is 13.3. The molecular formula is C18H18FNO4. The molecule has 0 fully saturated rings. The SMILES string of the molecule is CCOC(=O)CN(C(=O)COc1ccccc1F)c1ccccc1. The fraction of sp³-hybridized carbons (Fsp3) is 0.222. The Morgan fingerprint density at radius 2 is 1.71 bits per heavy atom. The van der Waals surface area contributed by atoms with Gasteiger partial charge in [-0.1, -0.05) is 30.3 Å². The third-order valence-electron chi connectivity index (χ3n) is 3.15. The van der Waals surface area contributed by atoms with Crippen LogP contribution in [-0.4, -0.2) is 31.6 Å². The molecule has 0 bridgehead atoms.